The zero-order valence-electron chi connectivity index (χ0n) is 17.2. The summed E-state index contributed by atoms with van der Waals surface area (Å²) in [5.41, 5.74) is 2.27. The van der Waals surface area contributed by atoms with Crippen LogP contribution in [0.3, 0.4) is 0 Å². The molecule has 6 nitrogen and oxygen atoms in total. The van der Waals surface area contributed by atoms with Crippen molar-refractivity contribution in [3.63, 3.8) is 0 Å². The predicted molar refractivity (Wildman–Crippen MR) is 130 cm³/mol. The van der Waals surface area contributed by atoms with Gasteiger partial charge in [-0.15, -0.1) is 11.3 Å². The number of sulfonamides is 1. The molecule has 0 saturated heterocycles. The summed E-state index contributed by atoms with van der Waals surface area (Å²) < 4.78 is 27.3. The van der Waals surface area contributed by atoms with Crippen molar-refractivity contribution in [2.45, 2.75) is 13.1 Å². The second-order valence-corrected chi connectivity index (χ2v) is 10.7. The van der Waals surface area contributed by atoms with Gasteiger partial charge in [-0.1, -0.05) is 29.8 Å². The van der Waals surface area contributed by atoms with Crippen LogP contribution in [0.25, 0.3) is 10.1 Å². The zero-order valence-corrected chi connectivity index (χ0v) is 19.5. The third kappa shape index (κ3) is 5.27. The molecule has 1 amide bonds. The van der Waals surface area contributed by atoms with Crippen LogP contribution in [-0.4, -0.2) is 25.6 Å². The number of carbonyl (C=O) groups excluding carboxylic acids is 1. The molecule has 164 valence electrons. The third-order valence-corrected chi connectivity index (χ3v) is 7.33. The second kappa shape index (κ2) is 9.28. The van der Waals surface area contributed by atoms with E-state index in [4.69, 9.17) is 11.6 Å². The summed E-state index contributed by atoms with van der Waals surface area (Å²) >= 11 is 7.30. The van der Waals surface area contributed by atoms with Crippen LogP contribution >= 0.6 is 22.9 Å². The molecule has 0 aliphatic carbocycles. The van der Waals surface area contributed by atoms with Crippen molar-refractivity contribution in [1.82, 2.24) is 10.3 Å². The van der Waals surface area contributed by atoms with Crippen LogP contribution in [0, 0.1) is 0 Å². The smallest absolute Gasteiger partial charge is 0.261 e. The number of halogens is 1. The number of hydrogen-bond donors (Lipinski definition) is 1. The number of benzene rings is 2. The molecule has 32 heavy (non-hydrogen) atoms. The Morgan fingerprint density at radius 1 is 1.09 bits per heavy atom. The van der Waals surface area contributed by atoms with Gasteiger partial charge in [-0.25, -0.2) is 8.42 Å². The van der Waals surface area contributed by atoms with Gasteiger partial charge in [0.15, 0.2) is 0 Å². The molecule has 4 aromatic rings. The van der Waals surface area contributed by atoms with Gasteiger partial charge in [-0.05, 0) is 59.0 Å². The molecule has 2 aromatic heterocycles. The number of pyridine rings is 1. The van der Waals surface area contributed by atoms with Crippen molar-refractivity contribution in [3.8, 4) is 0 Å². The molecule has 0 atom stereocenters. The molecule has 0 radical (unpaired) electrons. The maximum Gasteiger partial charge on any atom is 0.261 e. The summed E-state index contributed by atoms with van der Waals surface area (Å²) in [6, 6.07) is 17.9. The van der Waals surface area contributed by atoms with E-state index >= 15 is 0 Å². The maximum atomic E-state index is 12.6. The molecule has 2 aromatic carbocycles. The first-order valence-electron chi connectivity index (χ1n) is 9.72. The fraction of sp³-hybridized carbons (Fsp3) is 0.130. The monoisotopic (exact) mass is 485 g/mol. The van der Waals surface area contributed by atoms with Gasteiger partial charge in [0.25, 0.3) is 5.91 Å². The van der Waals surface area contributed by atoms with E-state index in [0.29, 0.717) is 22.1 Å². The van der Waals surface area contributed by atoms with Crippen LogP contribution in [0.15, 0.2) is 73.1 Å². The lowest BCUT2D eigenvalue weighted by Crippen LogP contribution is -2.29. The average molecular weight is 486 g/mol. The van der Waals surface area contributed by atoms with Crippen LogP contribution in [0.5, 0.6) is 0 Å². The first kappa shape index (κ1) is 22.3. The fourth-order valence-electron chi connectivity index (χ4n) is 3.23. The molecule has 0 spiro atoms. The minimum absolute atomic E-state index is 0.183. The summed E-state index contributed by atoms with van der Waals surface area (Å²) in [5, 5.41) is 4.29. The third-order valence-electron chi connectivity index (χ3n) is 4.83. The largest absolute Gasteiger partial charge is 0.347 e. The standard InChI is InChI=1S/C23H20ClN3O3S2/c1-32(29,30)27(15-16-4-6-19(24)7-5-16)20-8-9-21-18(11-20)12-22(31-21)23(28)26-14-17-3-2-10-25-13-17/h2-13H,14-15H2,1H3,(H,26,28). The molecule has 2 heterocycles. The van der Waals surface area contributed by atoms with Crippen LogP contribution in [0.1, 0.15) is 20.8 Å². The van der Waals surface area contributed by atoms with Crippen LogP contribution in [0.2, 0.25) is 5.02 Å². The topological polar surface area (TPSA) is 79.4 Å². The number of anilines is 1. The van der Waals surface area contributed by atoms with Crippen molar-refractivity contribution in [2.75, 3.05) is 10.6 Å². The molecule has 9 heteroatoms. The van der Waals surface area contributed by atoms with Gasteiger partial charge >= 0.3 is 0 Å². The van der Waals surface area contributed by atoms with E-state index in [1.54, 1.807) is 54.9 Å². The number of nitrogens with one attached hydrogen (secondary N) is 1. The van der Waals surface area contributed by atoms with Gasteiger partial charge in [-0.2, -0.15) is 0 Å². The quantitative estimate of drug-likeness (QED) is 0.406. The van der Waals surface area contributed by atoms with E-state index in [2.05, 4.69) is 10.3 Å². The highest BCUT2D eigenvalue weighted by Crippen LogP contribution is 2.31. The molecule has 1 N–H and O–H groups in total. The molecule has 0 fully saturated rings. The second-order valence-electron chi connectivity index (χ2n) is 7.27. The molecule has 0 unspecified atom stereocenters. The lowest BCUT2D eigenvalue weighted by Gasteiger charge is -2.22. The highest BCUT2D eigenvalue weighted by molar-refractivity contribution is 7.92. The lowest BCUT2D eigenvalue weighted by atomic mass is 10.2. The van der Waals surface area contributed by atoms with E-state index in [-0.39, 0.29) is 12.5 Å². The minimum Gasteiger partial charge on any atom is -0.347 e. The Morgan fingerprint density at radius 2 is 1.88 bits per heavy atom. The Hall–Kier alpha value is -2.94. The first-order valence-corrected chi connectivity index (χ1v) is 12.8. The van der Waals surface area contributed by atoms with Crippen molar-refractivity contribution >= 4 is 54.6 Å². The number of nitrogens with zero attached hydrogens (tertiary/aromatic N) is 2. The van der Waals surface area contributed by atoms with Crippen LogP contribution in [0.4, 0.5) is 5.69 Å². The van der Waals surface area contributed by atoms with Gasteiger partial charge in [0.1, 0.15) is 0 Å². The highest BCUT2D eigenvalue weighted by atomic mass is 35.5. The minimum atomic E-state index is -3.53. The number of rotatable bonds is 7. The molecule has 0 bridgehead atoms. The van der Waals surface area contributed by atoms with Gasteiger partial charge in [0.2, 0.25) is 10.0 Å². The molecular weight excluding hydrogens is 466 g/mol. The molecule has 0 aliphatic heterocycles. The van der Waals surface area contributed by atoms with Gasteiger partial charge < -0.3 is 5.32 Å². The highest BCUT2D eigenvalue weighted by Gasteiger charge is 2.19. The number of carbonyl (C=O) groups is 1. The summed E-state index contributed by atoms with van der Waals surface area (Å²) in [4.78, 5) is 17.2. The number of hydrogen-bond acceptors (Lipinski definition) is 5. The van der Waals surface area contributed by atoms with Crippen molar-refractivity contribution in [1.29, 1.82) is 0 Å². The van der Waals surface area contributed by atoms with E-state index in [1.807, 2.05) is 18.2 Å². The summed E-state index contributed by atoms with van der Waals surface area (Å²) in [7, 11) is -3.53. The summed E-state index contributed by atoms with van der Waals surface area (Å²) in [6.45, 7) is 0.569. The molecule has 0 saturated carbocycles. The number of fused-ring (bicyclic) bond motifs is 1. The van der Waals surface area contributed by atoms with Crippen LogP contribution in [-0.2, 0) is 23.1 Å². The van der Waals surface area contributed by atoms with Crippen molar-refractivity contribution in [2.24, 2.45) is 0 Å². The molecule has 4 rings (SSSR count). The van der Waals surface area contributed by atoms with E-state index in [0.717, 1.165) is 21.2 Å². The Kier molecular flexibility index (Phi) is 6.45. The normalized spacial score (nSPS) is 11.4. The van der Waals surface area contributed by atoms with E-state index < -0.39 is 10.0 Å². The number of thiophene rings is 1. The van der Waals surface area contributed by atoms with E-state index in [9.17, 15) is 13.2 Å². The zero-order chi connectivity index (χ0) is 22.7. The first-order chi connectivity index (χ1) is 15.3. The molecule has 0 aliphatic rings. The Balaban J connectivity index is 1.57. The summed E-state index contributed by atoms with van der Waals surface area (Å²) in [5.74, 6) is -0.183. The molecular formula is C23H20ClN3O3S2. The lowest BCUT2D eigenvalue weighted by molar-refractivity contribution is 0.0955. The van der Waals surface area contributed by atoms with E-state index in [1.165, 1.54) is 21.9 Å². The Labute approximate surface area is 195 Å². The van der Waals surface area contributed by atoms with Gasteiger partial charge in [0.05, 0.1) is 23.4 Å². The van der Waals surface area contributed by atoms with Crippen LogP contribution < -0.4 is 9.62 Å². The van der Waals surface area contributed by atoms with Gasteiger partial charge in [0, 0.05) is 28.7 Å². The summed E-state index contributed by atoms with van der Waals surface area (Å²) in [6.07, 6.45) is 4.57. The van der Waals surface area contributed by atoms with Gasteiger partial charge in [-0.3, -0.25) is 14.1 Å². The van der Waals surface area contributed by atoms with Crippen molar-refractivity contribution in [3.05, 3.63) is 94.1 Å². The average Bonchev–Trinajstić information content (AvgIpc) is 3.20. The fourth-order valence-corrected chi connectivity index (χ4v) is 5.19. The van der Waals surface area contributed by atoms with Crippen molar-refractivity contribution < 1.29 is 13.2 Å². The Morgan fingerprint density at radius 3 is 2.56 bits per heavy atom. The predicted octanol–water partition coefficient (Wildman–Crippen LogP) is 4.85. The Bertz CT molecular complexity index is 1350. The SMILES string of the molecule is CS(=O)(=O)N(Cc1ccc(Cl)cc1)c1ccc2sc(C(=O)NCc3cccnc3)cc2c1. The number of aromatic nitrogens is 1. The maximum absolute atomic E-state index is 12.6. The number of amides is 1.